The molecule has 2 aromatic rings. The summed E-state index contributed by atoms with van der Waals surface area (Å²) < 4.78 is 10.6. The first-order valence-corrected chi connectivity index (χ1v) is 11.6. The number of ether oxygens (including phenoxy) is 1. The smallest absolute Gasteiger partial charge is 0.246 e. The van der Waals surface area contributed by atoms with Crippen LogP contribution in [-0.2, 0) is 10.2 Å². The number of benzene rings is 1. The van der Waals surface area contributed by atoms with Crippen molar-refractivity contribution < 1.29 is 19.1 Å². The number of rotatable bonds is 7. The van der Waals surface area contributed by atoms with E-state index in [-0.39, 0.29) is 11.9 Å². The van der Waals surface area contributed by atoms with Crippen LogP contribution in [0.4, 0.5) is 0 Å². The second-order valence-electron chi connectivity index (χ2n) is 9.36. The largest absolute Gasteiger partial charge is 0.497 e. The highest BCUT2D eigenvalue weighted by Crippen LogP contribution is 2.52. The highest BCUT2D eigenvalue weighted by atomic mass is 16.5. The number of piperidine rings is 1. The zero-order valence-electron chi connectivity index (χ0n) is 19.6. The van der Waals surface area contributed by atoms with E-state index in [2.05, 4.69) is 23.6 Å². The second kappa shape index (κ2) is 9.57. The van der Waals surface area contributed by atoms with Gasteiger partial charge in [-0.1, -0.05) is 18.2 Å². The van der Waals surface area contributed by atoms with Gasteiger partial charge in [-0.3, -0.25) is 9.69 Å². The summed E-state index contributed by atoms with van der Waals surface area (Å²) in [5.74, 6) is 0.740. The quantitative estimate of drug-likeness (QED) is 0.512. The number of carbonyl (C=O) groups excluding carboxylic acids is 1. The van der Waals surface area contributed by atoms with Gasteiger partial charge in [-0.05, 0) is 62.1 Å². The Kier molecular flexibility index (Phi) is 6.77. The fourth-order valence-electron chi connectivity index (χ4n) is 5.66. The Morgan fingerprint density at radius 1 is 1.39 bits per heavy atom. The topological polar surface area (TPSA) is 66.2 Å². The van der Waals surface area contributed by atoms with Crippen molar-refractivity contribution in [3.05, 3.63) is 72.7 Å². The summed E-state index contributed by atoms with van der Waals surface area (Å²) in [5, 5.41) is 12.1. The molecule has 1 aliphatic heterocycles. The third-order valence-corrected chi connectivity index (χ3v) is 7.57. The standard InChI is InChI=1S/C27H34N2O4/c1-4-14-29-15-13-26(22-6-5-7-24(17-22)32-3)18-23(10-12-27(26,31)20-29)28(2)25(30)9-8-21-11-16-33-19-21/h4-9,11,16-17,19,23,31H,1,10,12-15,18,20H2,2-3H3/b9-8+/t23-,26+,27+/m1/s1. The fraction of sp³-hybridized carbons (Fsp3) is 0.444. The molecule has 0 bridgehead atoms. The van der Waals surface area contributed by atoms with Gasteiger partial charge >= 0.3 is 0 Å². The second-order valence-corrected chi connectivity index (χ2v) is 9.36. The van der Waals surface area contributed by atoms with E-state index in [1.54, 1.807) is 31.8 Å². The van der Waals surface area contributed by atoms with Gasteiger partial charge in [-0.2, -0.15) is 0 Å². The number of hydrogen-bond acceptors (Lipinski definition) is 5. The molecule has 1 saturated heterocycles. The van der Waals surface area contributed by atoms with Crippen molar-refractivity contribution in [2.24, 2.45) is 0 Å². The van der Waals surface area contributed by atoms with Crippen LogP contribution in [0.5, 0.6) is 5.75 Å². The van der Waals surface area contributed by atoms with Gasteiger partial charge in [0.1, 0.15) is 5.75 Å². The fourth-order valence-corrected chi connectivity index (χ4v) is 5.66. The van der Waals surface area contributed by atoms with Crippen LogP contribution in [-0.4, -0.2) is 66.2 Å². The lowest BCUT2D eigenvalue weighted by atomic mass is 9.55. The summed E-state index contributed by atoms with van der Waals surface area (Å²) in [7, 11) is 3.53. The van der Waals surface area contributed by atoms with Gasteiger partial charge in [0.25, 0.3) is 0 Å². The molecule has 4 rings (SSSR count). The molecule has 33 heavy (non-hydrogen) atoms. The van der Waals surface area contributed by atoms with Crippen LogP contribution in [0.1, 0.15) is 36.8 Å². The minimum absolute atomic E-state index is 0.0314. The SMILES string of the molecule is C=CCN1CC[C@@]2(c3cccc(OC)c3)C[C@H](N(C)C(=O)/C=C/c3ccoc3)CC[C@]2(O)C1. The van der Waals surface area contributed by atoms with E-state index in [9.17, 15) is 9.90 Å². The van der Waals surface area contributed by atoms with Crippen LogP contribution in [0.25, 0.3) is 6.08 Å². The number of hydrogen-bond donors (Lipinski definition) is 1. The minimum atomic E-state index is -0.881. The first-order chi connectivity index (χ1) is 15.9. The van der Waals surface area contributed by atoms with Crippen LogP contribution in [0.2, 0.25) is 0 Å². The van der Waals surface area contributed by atoms with E-state index < -0.39 is 11.0 Å². The van der Waals surface area contributed by atoms with E-state index in [0.717, 1.165) is 42.8 Å². The summed E-state index contributed by atoms with van der Waals surface area (Å²) >= 11 is 0. The molecule has 1 saturated carbocycles. The number of nitrogens with zero attached hydrogens (tertiary/aromatic N) is 2. The maximum absolute atomic E-state index is 13.0. The van der Waals surface area contributed by atoms with Crippen molar-refractivity contribution in [1.29, 1.82) is 0 Å². The third kappa shape index (κ3) is 4.50. The van der Waals surface area contributed by atoms with Crippen LogP contribution >= 0.6 is 0 Å². The Morgan fingerprint density at radius 3 is 2.97 bits per heavy atom. The number of likely N-dealkylation sites (tertiary alicyclic amines) is 1. The summed E-state index contributed by atoms with van der Waals surface area (Å²) in [6, 6.07) is 9.92. The number of carbonyl (C=O) groups is 1. The Morgan fingerprint density at radius 2 is 2.24 bits per heavy atom. The zero-order valence-corrected chi connectivity index (χ0v) is 19.6. The minimum Gasteiger partial charge on any atom is -0.497 e. The van der Waals surface area contributed by atoms with Gasteiger partial charge in [0, 0.05) is 43.2 Å². The highest BCUT2D eigenvalue weighted by molar-refractivity contribution is 5.91. The molecule has 0 spiro atoms. The van der Waals surface area contributed by atoms with Gasteiger partial charge in [-0.15, -0.1) is 6.58 Å². The van der Waals surface area contributed by atoms with Gasteiger partial charge in [0.15, 0.2) is 0 Å². The number of fused-ring (bicyclic) bond motifs is 1. The molecule has 2 fully saturated rings. The zero-order chi connectivity index (χ0) is 23.5. The van der Waals surface area contributed by atoms with Gasteiger partial charge in [0.05, 0.1) is 25.2 Å². The molecule has 6 heteroatoms. The normalized spacial score (nSPS) is 27.8. The van der Waals surface area contributed by atoms with Crippen LogP contribution in [0, 0.1) is 0 Å². The van der Waals surface area contributed by atoms with Crippen LogP contribution in [0.15, 0.2) is 66.0 Å². The predicted octanol–water partition coefficient (Wildman–Crippen LogP) is 3.87. The summed E-state index contributed by atoms with van der Waals surface area (Å²) in [5.41, 5.74) is 0.609. The number of amides is 1. The molecule has 1 amide bonds. The Hall–Kier alpha value is -2.83. The Balaban J connectivity index is 1.63. The van der Waals surface area contributed by atoms with Gasteiger partial charge in [0.2, 0.25) is 5.91 Å². The lowest BCUT2D eigenvalue weighted by molar-refractivity contribution is -0.143. The third-order valence-electron chi connectivity index (χ3n) is 7.57. The number of furan rings is 1. The Labute approximate surface area is 196 Å². The molecule has 2 heterocycles. The van der Waals surface area contributed by atoms with Crippen molar-refractivity contribution in [3.8, 4) is 5.75 Å². The molecule has 1 N–H and O–H groups in total. The number of likely N-dealkylation sites (N-methyl/N-ethyl adjacent to an activating group) is 1. The van der Waals surface area contributed by atoms with E-state index in [1.807, 2.05) is 36.2 Å². The van der Waals surface area contributed by atoms with Gasteiger partial charge < -0.3 is 19.2 Å². The first kappa shape index (κ1) is 23.3. The molecule has 1 aromatic heterocycles. The summed E-state index contributed by atoms with van der Waals surface area (Å²) in [6.45, 7) is 6.10. The molecule has 3 atom stereocenters. The molecule has 1 aromatic carbocycles. The molecule has 2 aliphatic rings. The first-order valence-electron chi connectivity index (χ1n) is 11.6. The molecular formula is C27H34N2O4. The maximum atomic E-state index is 13.0. The highest BCUT2D eigenvalue weighted by Gasteiger charge is 2.58. The lowest BCUT2D eigenvalue weighted by Gasteiger charge is -2.59. The number of methoxy groups -OCH3 is 1. The Bertz CT molecular complexity index is 1000. The molecular weight excluding hydrogens is 416 g/mol. The molecule has 0 radical (unpaired) electrons. The number of aliphatic hydroxyl groups is 1. The summed E-state index contributed by atoms with van der Waals surface area (Å²) in [6.07, 6.45) is 11.4. The van der Waals surface area contributed by atoms with E-state index in [1.165, 1.54) is 0 Å². The van der Waals surface area contributed by atoms with E-state index in [4.69, 9.17) is 9.15 Å². The van der Waals surface area contributed by atoms with E-state index in [0.29, 0.717) is 19.4 Å². The van der Waals surface area contributed by atoms with Crippen LogP contribution in [0.3, 0.4) is 0 Å². The average molecular weight is 451 g/mol. The van der Waals surface area contributed by atoms with Crippen molar-refractivity contribution in [3.63, 3.8) is 0 Å². The molecule has 176 valence electrons. The van der Waals surface area contributed by atoms with Crippen LogP contribution < -0.4 is 4.74 Å². The van der Waals surface area contributed by atoms with Gasteiger partial charge in [-0.25, -0.2) is 0 Å². The van der Waals surface area contributed by atoms with Crippen molar-refractivity contribution in [1.82, 2.24) is 9.80 Å². The monoisotopic (exact) mass is 450 g/mol. The predicted molar refractivity (Wildman–Crippen MR) is 129 cm³/mol. The summed E-state index contributed by atoms with van der Waals surface area (Å²) in [4.78, 5) is 17.1. The molecule has 0 unspecified atom stereocenters. The molecule has 6 nitrogen and oxygen atoms in total. The molecule has 1 aliphatic carbocycles. The van der Waals surface area contributed by atoms with Crippen molar-refractivity contribution in [2.75, 3.05) is 33.8 Å². The average Bonchev–Trinajstić information content (AvgIpc) is 3.35. The van der Waals surface area contributed by atoms with Crippen molar-refractivity contribution >= 4 is 12.0 Å². The number of β-amino-alcohol motifs (C(OH)–C–C–N with tert-alkyl or cyclic N) is 1. The maximum Gasteiger partial charge on any atom is 0.246 e. The van der Waals surface area contributed by atoms with E-state index >= 15 is 0 Å². The van der Waals surface area contributed by atoms with Crippen molar-refractivity contribution in [2.45, 2.75) is 42.7 Å². The lowest BCUT2D eigenvalue weighted by Crippen LogP contribution is -2.67.